The predicted molar refractivity (Wildman–Crippen MR) is 76.5 cm³/mol. The van der Waals surface area contributed by atoms with Gasteiger partial charge in [-0.1, -0.05) is 0 Å². The zero-order valence-corrected chi connectivity index (χ0v) is 12.8. The third kappa shape index (κ3) is 2.68. The number of halogens is 2. The summed E-state index contributed by atoms with van der Waals surface area (Å²) in [6.45, 7) is 5.27. The standard InChI is InChI=1S/C15H18F2N2O3/c1-15(2,3)19(14(21)22)5-4-18(13(20)9-19)12-7-10(16)6-11(17)8-12/h6-8H,4-5,9H2,1-3H3/p+1. The quantitative estimate of drug-likeness (QED) is 0.811. The highest BCUT2D eigenvalue weighted by molar-refractivity contribution is 5.95. The van der Waals surface area contributed by atoms with E-state index in [9.17, 15) is 23.5 Å². The summed E-state index contributed by atoms with van der Waals surface area (Å²) in [6, 6.07) is 2.86. The SMILES string of the molecule is CC(C)(C)[N+]1(C(=O)O)CCN(c2cc(F)cc(F)c2)C(=O)C1. The lowest BCUT2D eigenvalue weighted by atomic mass is 9.99. The predicted octanol–water partition coefficient (Wildman–Crippen LogP) is 2.60. The number of anilines is 1. The highest BCUT2D eigenvalue weighted by Gasteiger charge is 2.52. The van der Waals surface area contributed by atoms with Gasteiger partial charge in [0, 0.05) is 11.8 Å². The van der Waals surface area contributed by atoms with Gasteiger partial charge in [0.15, 0.2) is 6.54 Å². The van der Waals surface area contributed by atoms with Crippen LogP contribution in [0, 0.1) is 11.6 Å². The molecule has 1 aromatic carbocycles. The van der Waals surface area contributed by atoms with Crippen LogP contribution in [0.4, 0.5) is 19.3 Å². The van der Waals surface area contributed by atoms with Crippen LogP contribution in [0.3, 0.4) is 0 Å². The minimum atomic E-state index is -1.08. The number of quaternary nitrogens is 1. The molecule has 22 heavy (non-hydrogen) atoms. The molecule has 0 bridgehead atoms. The number of carbonyl (C=O) groups is 2. The van der Waals surface area contributed by atoms with Gasteiger partial charge in [-0.15, -0.1) is 0 Å². The van der Waals surface area contributed by atoms with Crippen LogP contribution in [-0.4, -0.2) is 46.8 Å². The Morgan fingerprint density at radius 2 is 1.77 bits per heavy atom. The van der Waals surface area contributed by atoms with Gasteiger partial charge in [0.2, 0.25) is 0 Å². The largest absolute Gasteiger partial charge is 0.514 e. The first-order valence-electron chi connectivity index (χ1n) is 6.94. The Morgan fingerprint density at radius 3 is 2.18 bits per heavy atom. The lowest BCUT2D eigenvalue weighted by Crippen LogP contribution is -2.71. The van der Waals surface area contributed by atoms with Crippen LogP contribution in [0.25, 0.3) is 0 Å². The van der Waals surface area contributed by atoms with Crippen molar-refractivity contribution in [1.82, 2.24) is 0 Å². The second-order valence-electron chi connectivity index (χ2n) is 6.48. The summed E-state index contributed by atoms with van der Waals surface area (Å²) >= 11 is 0. The molecule has 1 aliphatic heterocycles. The monoisotopic (exact) mass is 313 g/mol. The molecule has 1 aromatic rings. The third-order valence-electron chi connectivity index (χ3n) is 4.22. The van der Waals surface area contributed by atoms with Crippen molar-refractivity contribution in [2.24, 2.45) is 0 Å². The van der Waals surface area contributed by atoms with E-state index in [0.717, 1.165) is 18.2 Å². The average molecular weight is 313 g/mol. The maximum Gasteiger partial charge on any atom is 0.514 e. The number of hydrogen-bond acceptors (Lipinski definition) is 2. The highest BCUT2D eigenvalue weighted by atomic mass is 19.1. The Morgan fingerprint density at radius 1 is 1.23 bits per heavy atom. The van der Waals surface area contributed by atoms with E-state index in [1.807, 2.05) is 0 Å². The third-order valence-corrected chi connectivity index (χ3v) is 4.22. The second kappa shape index (κ2) is 5.31. The fourth-order valence-corrected chi connectivity index (χ4v) is 2.78. The van der Waals surface area contributed by atoms with Crippen molar-refractivity contribution in [3.05, 3.63) is 29.8 Å². The van der Waals surface area contributed by atoms with Gasteiger partial charge >= 0.3 is 6.09 Å². The molecule has 5 nitrogen and oxygen atoms in total. The Kier molecular flexibility index (Phi) is 3.95. The first kappa shape index (κ1) is 16.4. The number of amides is 2. The van der Waals surface area contributed by atoms with E-state index >= 15 is 0 Å². The van der Waals surface area contributed by atoms with Gasteiger partial charge < -0.3 is 10.0 Å². The Bertz CT molecular complexity index is 607. The van der Waals surface area contributed by atoms with Crippen LogP contribution in [0.1, 0.15) is 20.8 Å². The van der Waals surface area contributed by atoms with Crippen molar-refractivity contribution in [3.8, 4) is 0 Å². The number of nitrogens with zero attached hydrogens (tertiary/aromatic N) is 2. The maximum atomic E-state index is 13.3. The Labute approximate surface area is 127 Å². The molecule has 0 spiro atoms. The Hall–Kier alpha value is -2.02. The number of piperazine rings is 1. The molecule has 1 saturated heterocycles. The fraction of sp³-hybridized carbons (Fsp3) is 0.467. The molecule has 1 N–H and O–H groups in total. The summed E-state index contributed by atoms with van der Waals surface area (Å²) in [7, 11) is 0. The lowest BCUT2D eigenvalue weighted by molar-refractivity contribution is -0.896. The summed E-state index contributed by atoms with van der Waals surface area (Å²) in [5.74, 6) is -2.01. The topological polar surface area (TPSA) is 57.6 Å². The summed E-state index contributed by atoms with van der Waals surface area (Å²) in [5, 5.41) is 9.57. The van der Waals surface area contributed by atoms with Crippen molar-refractivity contribution in [2.45, 2.75) is 26.3 Å². The van der Waals surface area contributed by atoms with E-state index in [2.05, 4.69) is 0 Å². The molecule has 1 atom stereocenters. The van der Waals surface area contributed by atoms with Crippen LogP contribution in [-0.2, 0) is 4.79 Å². The van der Waals surface area contributed by atoms with E-state index in [4.69, 9.17) is 0 Å². The first-order chi connectivity index (χ1) is 10.1. The van der Waals surface area contributed by atoms with Crippen LogP contribution in [0.5, 0.6) is 0 Å². The van der Waals surface area contributed by atoms with Gasteiger partial charge in [0.1, 0.15) is 23.7 Å². The van der Waals surface area contributed by atoms with E-state index < -0.39 is 33.7 Å². The Balaban J connectivity index is 2.33. The number of hydrogen-bond donors (Lipinski definition) is 1. The molecule has 1 unspecified atom stereocenters. The van der Waals surface area contributed by atoms with Crippen LogP contribution in [0.2, 0.25) is 0 Å². The molecule has 1 fully saturated rings. The van der Waals surface area contributed by atoms with Crippen LogP contribution < -0.4 is 4.90 Å². The molecule has 1 aliphatic rings. The molecule has 0 aliphatic carbocycles. The molecule has 0 radical (unpaired) electrons. The highest BCUT2D eigenvalue weighted by Crippen LogP contribution is 2.30. The second-order valence-corrected chi connectivity index (χ2v) is 6.48. The van der Waals surface area contributed by atoms with Gasteiger partial charge in [0.25, 0.3) is 5.91 Å². The van der Waals surface area contributed by atoms with Gasteiger partial charge in [-0.2, -0.15) is 4.79 Å². The van der Waals surface area contributed by atoms with Gasteiger partial charge in [0.05, 0.1) is 6.54 Å². The van der Waals surface area contributed by atoms with Crippen LogP contribution >= 0.6 is 0 Å². The van der Waals surface area contributed by atoms with Crippen molar-refractivity contribution in [2.75, 3.05) is 24.5 Å². The molecule has 1 heterocycles. The summed E-state index contributed by atoms with van der Waals surface area (Å²) in [6.07, 6.45) is -1.08. The van der Waals surface area contributed by atoms with Crippen molar-refractivity contribution in [3.63, 3.8) is 0 Å². The maximum absolute atomic E-state index is 13.3. The molecule has 2 amide bonds. The van der Waals surface area contributed by atoms with E-state index in [1.54, 1.807) is 20.8 Å². The molecular formula is C15H19F2N2O3+. The molecule has 0 aromatic heterocycles. The van der Waals surface area contributed by atoms with Gasteiger partial charge in [-0.25, -0.2) is 13.3 Å². The number of carboxylic acid groups (broad SMARTS) is 1. The zero-order chi connectivity index (χ0) is 16.7. The fourth-order valence-electron chi connectivity index (χ4n) is 2.78. The van der Waals surface area contributed by atoms with Crippen molar-refractivity contribution in [1.29, 1.82) is 0 Å². The van der Waals surface area contributed by atoms with E-state index in [0.29, 0.717) is 0 Å². The molecule has 2 rings (SSSR count). The average Bonchev–Trinajstić information content (AvgIpc) is 2.35. The smallest absolute Gasteiger partial charge is 0.435 e. The van der Waals surface area contributed by atoms with Gasteiger partial charge in [-0.05, 0) is 32.9 Å². The minimum absolute atomic E-state index is 0.0886. The van der Waals surface area contributed by atoms with Gasteiger partial charge in [-0.3, -0.25) is 4.79 Å². The molecule has 0 saturated carbocycles. The molecule has 7 heteroatoms. The van der Waals surface area contributed by atoms with Crippen LogP contribution in [0.15, 0.2) is 18.2 Å². The number of rotatable bonds is 1. The number of carbonyl (C=O) groups excluding carboxylic acids is 1. The molecular weight excluding hydrogens is 294 g/mol. The normalized spacial score (nSPS) is 22.8. The van der Waals surface area contributed by atoms with Crippen molar-refractivity contribution < 1.29 is 28.0 Å². The summed E-state index contributed by atoms with van der Waals surface area (Å²) < 4.78 is 26.2. The zero-order valence-electron chi connectivity index (χ0n) is 12.8. The minimum Gasteiger partial charge on any atom is -0.435 e. The van der Waals surface area contributed by atoms with Crippen molar-refractivity contribution >= 4 is 17.7 Å². The number of benzene rings is 1. The lowest BCUT2D eigenvalue weighted by Gasteiger charge is -2.47. The summed E-state index contributed by atoms with van der Waals surface area (Å²) in [4.78, 5) is 25.3. The molecule has 120 valence electrons. The summed E-state index contributed by atoms with van der Waals surface area (Å²) in [5.41, 5.74) is -0.555. The van der Waals surface area contributed by atoms with E-state index in [-0.39, 0.29) is 25.3 Å². The first-order valence-corrected chi connectivity index (χ1v) is 6.94. The van der Waals surface area contributed by atoms with E-state index in [1.165, 1.54) is 4.90 Å².